The van der Waals surface area contributed by atoms with Crippen LogP contribution in [0.4, 0.5) is 0 Å². The highest BCUT2D eigenvalue weighted by Gasteiger charge is 2.30. The Morgan fingerprint density at radius 1 is 1.29 bits per heavy atom. The molecule has 1 aromatic rings. The molecule has 1 N–H and O–H groups in total. The lowest BCUT2D eigenvalue weighted by atomic mass is 9.74. The lowest BCUT2D eigenvalue weighted by Gasteiger charge is -2.38. The number of hydrogen-bond donors (Lipinski definition) is 1. The molecule has 2 heteroatoms. The van der Waals surface area contributed by atoms with Crippen LogP contribution in [0.3, 0.4) is 0 Å². The highest BCUT2D eigenvalue weighted by atomic mass is 16.5. The van der Waals surface area contributed by atoms with Crippen molar-refractivity contribution in [2.45, 2.75) is 59.5 Å². The largest absolute Gasteiger partial charge is 0.496 e. The molecule has 21 heavy (non-hydrogen) atoms. The molecule has 0 spiro atoms. The zero-order valence-corrected chi connectivity index (χ0v) is 14.3. The van der Waals surface area contributed by atoms with Gasteiger partial charge in [-0.1, -0.05) is 39.3 Å². The van der Waals surface area contributed by atoms with E-state index in [4.69, 9.17) is 4.74 Å². The molecule has 3 atom stereocenters. The quantitative estimate of drug-likeness (QED) is 0.858. The van der Waals surface area contributed by atoms with Crippen molar-refractivity contribution in [3.05, 3.63) is 29.3 Å². The van der Waals surface area contributed by atoms with E-state index in [0.717, 1.165) is 30.0 Å². The maximum atomic E-state index is 5.34. The Labute approximate surface area is 130 Å². The lowest BCUT2D eigenvalue weighted by Crippen LogP contribution is -2.42. The summed E-state index contributed by atoms with van der Waals surface area (Å²) in [6.45, 7) is 10.2. The summed E-state index contributed by atoms with van der Waals surface area (Å²) in [7, 11) is 1.73. The molecule has 0 bridgehead atoms. The van der Waals surface area contributed by atoms with E-state index in [2.05, 4.69) is 51.2 Å². The molecule has 1 aliphatic carbocycles. The van der Waals surface area contributed by atoms with Gasteiger partial charge in [-0.25, -0.2) is 0 Å². The molecule has 0 heterocycles. The first kappa shape index (κ1) is 16.4. The maximum absolute atomic E-state index is 5.34. The van der Waals surface area contributed by atoms with Crippen LogP contribution in [0.15, 0.2) is 18.2 Å². The molecular formula is C19H31NO. The van der Waals surface area contributed by atoms with E-state index in [9.17, 15) is 0 Å². The fourth-order valence-corrected chi connectivity index (χ4v) is 3.74. The average Bonchev–Trinajstić information content (AvgIpc) is 2.45. The molecule has 2 nitrogen and oxygen atoms in total. The van der Waals surface area contributed by atoms with Gasteiger partial charge in [0.2, 0.25) is 0 Å². The van der Waals surface area contributed by atoms with E-state index in [-0.39, 0.29) is 0 Å². The third kappa shape index (κ3) is 4.23. The van der Waals surface area contributed by atoms with Gasteiger partial charge in [0.1, 0.15) is 5.75 Å². The average molecular weight is 289 g/mol. The zero-order chi connectivity index (χ0) is 15.4. The summed E-state index contributed by atoms with van der Waals surface area (Å²) < 4.78 is 5.34. The van der Waals surface area contributed by atoms with Crippen molar-refractivity contribution < 1.29 is 4.74 Å². The minimum atomic E-state index is 0.663. The first-order valence-corrected chi connectivity index (χ1v) is 8.38. The van der Waals surface area contributed by atoms with Crippen LogP contribution in [-0.2, 0) is 6.54 Å². The first-order chi connectivity index (χ1) is 10.0. The van der Waals surface area contributed by atoms with E-state index in [0.29, 0.717) is 6.04 Å². The van der Waals surface area contributed by atoms with Crippen molar-refractivity contribution in [2.24, 2.45) is 17.8 Å². The minimum absolute atomic E-state index is 0.663. The van der Waals surface area contributed by atoms with E-state index >= 15 is 0 Å². The van der Waals surface area contributed by atoms with Gasteiger partial charge in [-0.05, 0) is 54.7 Å². The Kier molecular flexibility index (Phi) is 5.69. The van der Waals surface area contributed by atoms with Crippen molar-refractivity contribution in [2.75, 3.05) is 7.11 Å². The van der Waals surface area contributed by atoms with Crippen LogP contribution in [0.5, 0.6) is 5.75 Å². The van der Waals surface area contributed by atoms with Crippen molar-refractivity contribution in [1.29, 1.82) is 0 Å². The van der Waals surface area contributed by atoms with Crippen LogP contribution in [-0.4, -0.2) is 13.2 Å². The third-order valence-electron chi connectivity index (χ3n) is 5.05. The van der Waals surface area contributed by atoms with E-state index < -0.39 is 0 Å². The van der Waals surface area contributed by atoms with Crippen LogP contribution in [0.1, 0.15) is 51.2 Å². The second-order valence-corrected chi connectivity index (χ2v) is 7.12. The van der Waals surface area contributed by atoms with Gasteiger partial charge < -0.3 is 10.1 Å². The van der Waals surface area contributed by atoms with Gasteiger partial charge in [-0.15, -0.1) is 0 Å². The van der Waals surface area contributed by atoms with Crippen LogP contribution in [0, 0.1) is 24.7 Å². The minimum Gasteiger partial charge on any atom is -0.496 e. The summed E-state index contributed by atoms with van der Waals surface area (Å²) in [5.41, 5.74) is 2.57. The van der Waals surface area contributed by atoms with Crippen molar-refractivity contribution in [1.82, 2.24) is 5.32 Å². The summed E-state index contributed by atoms with van der Waals surface area (Å²) in [6, 6.07) is 7.16. The van der Waals surface area contributed by atoms with Crippen molar-refractivity contribution in [3.8, 4) is 5.75 Å². The lowest BCUT2D eigenvalue weighted by molar-refractivity contribution is 0.169. The van der Waals surface area contributed by atoms with Crippen LogP contribution in [0.25, 0.3) is 0 Å². The number of hydrogen-bond acceptors (Lipinski definition) is 2. The predicted molar refractivity (Wildman–Crippen MR) is 89.7 cm³/mol. The fourth-order valence-electron chi connectivity index (χ4n) is 3.74. The maximum Gasteiger partial charge on any atom is 0.121 e. The topological polar surface area (TPSA) is 21.3 Å². The van der Waals surface area contributed by atoms with Gasteiger partial charge in [0.15, 0.2) is 0 Å². The molecule has 0 saturated heterocycles. The molecule has 1 aromatic carbocycles. The number of rotatable bonds is 5. The second-order valence-electron chi connectivity index (χ2n) is 7.12. The second kappa shape index (κ2) is 7.31. The fraction of sp³-hybridized carbons (Fsp3) is 0.684. The Bertz CT molecular complexity index is 455. The van der Waals surface area contributed by atoms with Gasteiger partial charge in [-0.3, -0.25) is 0 Å². The SMILES string of the molecule is COc1ccc(CNC2CC(C)CCC2C(C)C)cc1C. The number of nitrogens with one attached hydrogen (secondary N) is 1. The van der Waals surface area contributed by atoms with Crippen LogP contribution >= 0.6 is 0 Å². The number of ether oxygens (including phenoxy) is 1. The van der Waals surface area contributed by atoms with E-state index in [1.165, 1.54) is 30.4 Å². The van der Waals surface area contributed by atoms with Gasteiger partial charge in [-0.2, -0.15) is 0 Å². The molecule has 0 aromatic heterocycles. The Morgan fingerprint density at radius 2 is 2.05 bits per heavy atom. The molecule has 0 amide bonds. The van der Waals surface area contributed by atoms with Gasteiger partial charge in [0.05, 0.1) is 7.11 Å². The van der Waals surface area contributed by atoms with Gasteiger partial charge >= 0.3 is 0 Å². The van der Waals surface area contributed by atoms with Crippen LogP contribution in [0.2, 0.25) is 0 Å². The smallest absolute Gasteiger partial charge is 0.121 e. The standard InChI is InChI=1S/C19H31NO/c1-13(2)17-8-6-14(3)10-18(17)20-12-16-7-9-19(21-5)15(4)11-16/h7,9,11,13-14,17-18,20H,6,8,10,12H2,1-5H3. The summed E-state index contributed by atoms with van der Waals surface area (Å²) in [6.07, 6.45) is 4.08. The molecule has 3 unspecified atom stereocenters. The van der Waals surface area contributed by atoms with E-state index in [1.54, 1.807) is 7.11 Å². The zero-order valence-electron chi connectivity index (χ0n) is 14.3. The number of methoxy groups -OCH3 is 1. The molecule has 1 saturated carbocycles. The number of benzene rings is 1. The molecule has 118 valence electrons. The molecule has 0 aliphatic heterocycles. The highest BCUT2D eigenvalue weighted by Crippen LogP contribution is 2.33. The highest BCUT2D eigenvalue weighted by molar-refractivity contribution is 5.36. The summed E-state index contributed by atoms with van der Waals surface area (Å²) >= 11 is 0. The predicted octanol–water partition coefficient (Wildman–Crippen LogP) is 4.55. The summed E-state index contributed by atoms with van der Waals surface area (Å²) in [5, 5.41) is 3.82. The van der Waals surface area contributed by atoms with E-state index in [1.807, 2.05) is 0 Å². The normalized spacial score (nSPS) is 26.1. The van der Waals surface area contributed by atoms with Gasteiger partial charge in [0, 0.05) is 12.6 Å². The third-order valence-corrected chi connectivity index (χ3v) is 5.05. The summed E-state index contributed by atoms with van der Waals surface area (Å²) in [4.78, 5) is 0. The van der Waals surface area contributed by atoms with Crippen LogP contribution < -0.4 is 10.1 Å². The Balaban J connectivity index is 1.98. The van der Waals surface area contributed by atoms with Crippen molar-refractivity contribution in [3.63, 3.8) is 0 Å². The molecular weight excluding hydrogens is 258 g/mol. The number of aryl methyl sites for hydroxylation is 1. The molecule has 1 fully saturated rings. The summed E-state index contributed by atoms with van der Waals surface area (Å²) in [5.74, 6) is 3.42. The molecule has 2 rings (SSSR count). The van der Waals surface area contributed by atoms with Gasteiger partial charge in [0.25, 0.3) is 0 Å². The molecule has 1 aliphatic rings. The van der Waals surface area contributed by atoms with Crippen molar-refractivity contribution >= 4 is 0 Å². The molecule has 0 radical (unpaired) electrons. The Hall–Kier alpha value is -1.02. The monoisotopic (exact) mass is 289 g/mol. The first-order valence-electron chi connectivity index (χ1n) is 8.38. The Morgan fingerprint density at radius 3 is 2.67 bits per heavy atom.